The van der Waals surface area contributed by atoms with Gasteiger partial charge in [-0.2, -0.15) is 4.31 Å². The molecule has 1 aromatic carbocycles. The zero-order chi connectivity index (χ0) is 16.5. The lowest BCUT2D eigenvalue weighted by atomic mass is 10.2. The molecule has 0 aromatic heterocycles. The summed E-state index contributed by atoms with van der Waals surface area (Å²) in [5, 5.41) is 0.413. The van der Waals surface area contributed by atoms with E-state index in [0.29, 0.717) is 30.5 Å². The average molecular weight is 348 g/mol. The molecule has 7 heteroatoms. The highest BCUT2D eigenvalue weighted by Gasteiger charge is 2.34. The van der Waals surface area contributed by atoms with Crippen LogP contribution < -0.4 is 4.74 Å². The Kier molecular flexibility index (Phi) is 5.37. The number of halogens is 1. The summed E-state index contributed by atoms with van der Waals surface area (Å²) in [6.45, 7) is 8.40. The lowest BCUT2D eigenvalue weighted by Crippen LogP contribution is -2.48. The second-order valence-electron chi connectivity index (χ2n) is 5.56. The van der Waals surface area contributed by atoms with Crippen molar-refractivity contribution in [2.24, 2.45) is 0 Å². The third kappa shape index (κ3) is 3.56. The van der Waals surface area contributed by atoms with E-state index in [9.17, 15) is 8.42 Å². The topological polar surface area (TPSA) is 55.8 Å². The molecule has 22 heavy (non-hydrogen) atoms. The Morgan fingerprint density at radius 3 is 2.45 bits per heavy atom. The molecule has 0 bridgehead atoms. The number of nitrogens with zero attached hydrogens (tertiary/aromatic N) is 1. The van der Waals surface area contributed by atoms with Crippen LogP contribution in [0, 0.1) is 6.92 Å². The van der Waals surface area contributed by atoms with Crippen molar-refractivity contribution in [1.29, 1.82) is 0 Å². The zero-order valence-corrected chi connectivity index (χ0v) is 14.9. The number of rotatable bonds is 4. The molecular formula is C15H22ClNO4S. The quantitative estimate of drug-likeness (QED) is 0.840. The van der Waals surface area contributed by atoms with Crippen LogP contribution in [0.15, 0.2) is 17.0 Å². The lowest BCUT2D eigenvalue weighted by molar-refractivity contribution is -0.0441. The van der Waals surface area contributed by atoms with Crippen LogP contribution in [0.3, 0.4) is 0 Å². The molecule has 2 atom stereocenters. The molecule has 0 spiro atoms. The van der Waals surface area contributed by atoms with Crippen molar-refractivity contribution < 1.29 is 17.9 Å². The molecule has 5 nitrogen and oxygen atoms in total. The summed E-state index contributed by atoms with van der Waals surface area (Å²) in [7, 11) is -3.68. The molecule has 0 amide bonds. The van der Waals surface area contributed by atoms with E-state index in [0.717, 1.165) is 5.56 Å². The Labute approximate surface area is 137 Å². The number of hydrogen-bond donors (Lipinski definition) is 0. The van der Waals surface area contributed by atoms with Crippen molar-refractivity contribution >= 4 is 21.6 Å². The number of aryl methyl sites for hydroxylation is 1. The summed E-state index contributed by atoms with van der Waals surface area (Å²) in [5.41, 5.74) is 0.785. The summed E-state index contributed by atoms with van der Waals surface area (Å²) in [6, 6.07) is 3.15. The summed E-state index contributed by atoms with van der Waals surface area (Å²) >= 11 is 6.13. The molecule has 1 aliphatic heterocycles. The largest absolute Gasteiger partial charge is 0.492 e. The predicted molar refractivity (Wildman–Crippen MR) is 86.1 cm³/mol. The Morgan fingerprint density at radius 2 is 1.91 bits per heavy atom. The van der Waals surface area contributed by atoms with Crippen molar-refractivity contribution in [3.8, 4) is 5.75 Å². The van der Waals surface area contributed by atoms with Crippen LogP contribution in [-0.4, -0.2) is 44.6 Å². The van der Waals surface area contributed by atoms with Gasteiger partial charge in [-0.05, 0) is 45.4 Å². The Hall–Kier alpha value is -0.820. The van der Waals surface area contributed by atoms with Crippen molar-refractivity contribution in [2.75, 3.05) is 19.7 Å². The van der Waals surface area contributed by atoms with Crippen LogP contribution >= 0.6 is 11.6 Å². The Morgan fingerprint density at radius 1 is 1.32 bits per heavy atom. The van der Waals surface area contributed by atoms with Gasteiger partial charge >= 0.3 is 0 Å². The monoisotopic (exact) mass is 347 g/mol. The minimum Gasteiger partial charge on any atom is -0.492 e. The first-order valence-corrected chi connectivity index (χ1v) is 9.16. The summed E-state index contributed by atoms with van der Waals surface area (Å²) in [4.78, 5) is 0.117. The number of sulfonamides is 1. The van der Waals surface area contributed by atoms with Crippen molar-refractivity contribution in [2.45, 2.75) is 44.8 Å². The lowest BCUT2D eigenvalue weighted by Gasteiger charge is -2.34. The minimum atomic E-state index is -3.68. The van der Waals surface area contributed by atoms with Gasteiger partial charge in [-0.3, -0.25) is 0 Å². The van der Waals surface area contributed by atoms with Gasteiger partial charge in [-0.1, -0.05) is 11.6 Å². The van der Waals surface area contributed by atoms with E-state index in [1.54, 1.807) is 6.07 Å². The van der Waals surface area contributed by atoms with Crippen LogP contribution in [0.5, 0.6) is 5.75 Å². The highest BCUT2D eigenvalue weighted by molar-refractivity contribution is 7.89. The van der Waals surface area contributed by atoms with Crippen LogP contribution in [0.25, 0.3) is 0 Å². The van der Waals surface area contributed by atoms with Crippen molar-refractivity contribution in [3.63, 3.8) is 0 Å². The molecule has 0 aliphatic carbocycles. The molecule has 1 aromatic rings. The zero-order valence-electron chi connectivity index (χ0n) is 13.3. The predicted octanol–water partition coefficient (Wildman–Crippen LogP) is 2.85. The first-order chi connectivity index (χ1) is 10.3. The van der Waals surface area contributed by atoms with Crippen LogP contribution in [0.4, 0.5) is 0 Å². The van der Waals surface area contributed by atoms with Crippen LogP contribution in [0.2, 0.25) is 5.02 Å². The third-order valence-electron chi connectivity index (χ3n) is 3.53. The third-order valence-corrected chi connectivity index (χ3v) is 5.79. The van der Waals surface area contributed by atoms with Gasteiger partial charge in [0.1, 0.15) is 10.6 Å². The maximum Gasteiger partial charge on any atom is 0.246 e. The molecule has 0 N–H and O–H groups in total. The van der Waals surface area contributed by atoms with Gasteiger partial charge in [0.05, 0.1) is 18.8 Å². The second-order valence-corrected chi connectivity index (χ2v) is 7.87. The summed E-state index contributed by atoms with van der Waals surface area (Å²) in [6.07, 6.45) is -0.287. The van der Waals surface area contributed by atoms with Crippen LogP contribution in [-0.2, 0) is 14.8 Å². The van der Waals surface area contributed by atoms with E-state index in [1.807, 2.05) is 27.7 Å². The number of ether oxygens (including phenoxy) is 2. The Bertz CT molecular complexity index is 637. The van der Waals surface area contributed by atoms with E-state index < -0.39 is 10.0 Å². The fraction of sp³-hybridized carbons (Fsp3) is 0.600. The van der Waals surface area contributed by atoms with Crippen molar-refractivity contribution in [1.82, 2.24) is 4.31 Å². The average Bonchev–Trinajstić information content (AvgIpc) is 2.41. The SMILES string of the molecule is CCOc1cc(C)c(Cl)cc1S(=O)(=O)N1C[C@H](C)O[C@@H](C)C1. The molecule has 0 radical (unpaired) electrons. The first-order valence-electron chi connectivity index (χ1n) is 7.34. The van der Waals surface area contributed by atoms with Gasteiger partial charge in [-0.25, -0.2) is 8.42 Å². The molecule has 124 valence electrons. The van der Waals surface area contributed by atoms with E-state index in [1.165, 1.54) is 10.4 Å². The van der Waals surface area contributed by atoms with Crippen LogP contribution in [0.1, 0.15) is 26.3 Å². The molecule has 0 unspecified atom stereocenters. The molecule has 0 saturated carbocycles. The maximum atomic E-state index is 13.0. The van der Waals surface area contributed by atoms with Gasteiger partial charge in [0, 0.05) is 18.1 Å². The van der Waals surface area contributed by atoms with Gasteiger partial charge in [-0.15, -0.1) is 0 Å². The van der Waals surface area contributed by atoms with E-state index >= 15 is 0 Å². The molecule has 1 heterocycles. The van der Waals surface area contributed by atoms with Gasteiger partial charge in [0.15, 0.2) is 0 Å². The summed E-state index contributed by atoms with van der Waals surface area (Å²) < 4.78 is 38.5. The molecule has 1 saturated heterocycles. The van der Waals surface area contributed by atoms with Gasteiger partial charge < -0.3 is 9.47 Å². The van der Waals surface area contributed by atoms with E-state index in [4.69, 9.17) is 21.1 Å². The van der Waals surface area contributed by atoms with Gasteiger partial charge in [0.25, 0.3) is 0 Å². The number of hydrogen-bond acceptors (Lipinski definition) is 4. The van der Waals surface area contributed by atoms with Crippen molar-refractivity contribution in [3.05, 3.63) is 22.7 Å². The fourth-order valence-corrected chi connectivity index (χ4v) is 4.53. The smallest absolute Gasteiger partial charge is 0.246 e. The fourth-order valence-electron chi connectivity index (χ4n) is 2.57. The molecule has 1 fully saturated rings. The van der Waals surface area contributed by atoms with E-state index in [-0.39, 0.29) is 17.1 Å². The minimum absolute atomic E-state index is 0.117. The standard InChI is InChI=1S/C15H22ClNO4S/c1-5-20-14-6-10(2)13(16)7-15(14)22(18,19)17-8-11(3)21-12(4)9-17/h6-7,11-12H,5,8-9H2,1-4H3/t11-,12-/m0/s1. The Balaban J connectivity index is 2.46. The highest BCUT2D eigenvalue weighted by Crippen LogP contribution is 2.33. The molecule has 1 aliphatic rings. The van der Waals surface area contributed by atoms with E-state index in [2.05, 4.69) is 0 Å². The normalized spacial score (nSPS) is 23.5. The summed E-state index contributed by atoms with van der Waals surface area (Å²) in [5.74, 6) is 0.344. The maximum absolute atomic E-state index is 13.0. The van der Waals surface area contributed by atoms with Gasteiger partial charge in [0.2, 0.25) is 10.0 Å². The molecular weight excluding hydrogens is 326 g/mol. The number of benzene rings is 1. The number of morpholine rings is 1. The molecule has 2 rings (SSSR count). The highest BCUT2D eigenvalue weighted by atomic mass is 35.5. The second kappa shape index (κ2) is 6.74. The first kappa shape index (κ1) is 17.5.